The third kappa shape index (κ3) is 4.56. The van der Waals surface area contributed by atoms with E-state index in [1.54, 1.807) is 0 Å². The summed E-state index contributed by atoms with van der Waals surface area (Å²) in [6.07, 6.45) is 0.716. The molecule has 30 heavy (non-hydrogen) atoms. The van der Waals surface area contributed by atoms with Crippen LogP contribution in [0.3, 0.4) is 0 Å². The van der Waals surface area contributed by atoms with E-state index in [-0.39, 0.29) is 13.1 Å². The standard InChI is InChI=1S/C20H18BrF2N3O2S2/c21-15-3-1-2-14(10-15)11-17-13-29-20(24-17)25-6-8-26(9-7-25)30(27,28)19-5-4-16(22)12-18(19)23/h1-5,10,12-13H,6-9,11H2. The van der Waals surface area contributed by atoms with E-state index in [0.717, 1.165) is 33.0 Å². The molecular formula is C20H18BrF2N3O2S2. The van der Waals surface area contributed by atoms with Crippen LogP contribution in [-0.2, 0) is 16.4 Å². The molecule has 1 aromatic heterocycles. The highest BCUT2D eigenvalue weighted by Crippen LogP contribution is 2.26. The highest BCUT2D eigenvalue weighted by atomic mass is 79.9. The predicted octanol–water partition coefficient (Wildman–Crippen LogP) is 4.29. The molecule has 0 atom stereocenters. The zero-order valence-corrected chi connectivity index (χ0v) is 19.0. The maximum Gasteiger partial charge on any atom is 0.246 e. The Morgan fingerprint density at radius 2 is 1.83 bits per heavy atom. The Kier molecular flexibility index (Phi) is 6.19. The molecule has 1 fully saturated rings. The summed E-state index contributed by atoms with van der Waals surface area (Å²) >= 11 is 4.99. The largest absolute Gasteiger partial charge is 0.345 e. The molecule has 1 saturated heterocycles. The number of hydrogen-bond acceptors (Lipinski definition) is 5. The minimum absolute atomic E-state index is 0.208. The number of aromatic nitrogens is 1. The fourth-order valence-electron chi connectivity index (χ4n) is 3.32. The maximum atomic E-state index is 14.0. The minimum atomic E-state index is -4.01. The van der Waals surface area contributed by atoms with E-state index >= 15 is 0 Å². The van der Waals surface area contributed by atoms with Gasteiger partial charge in [0.05, 0.1) is 5.69 Å². The van der Waals surface area contributed by atoms with Gasteiger partial charge in [-0.25, -0.2) is 22.2 Å². The zero-order chi connectivity index (χ0) is 21.3. The third-order valence-corrected chi connectivity index (χ3v) is 8.21. The van der Waals surface area contributed by atoms with Crippen molar-refractivity contribution in [1.29, 1.82) is 0 Å². The molecule has 3 aromatic rings. The van der Waals surface area contributed by atoms with Crippen LogP contribution in [0.5, 0.6) is 0 Å². The molecule has 0 aliphatic carbocycles. The van der Waals surface area contributed by atoms with Crippen LogP contribution in [-0.4, -0.2) is 43.9 Å². The lowest BCUT2D eigenvalue weighted by atomic mass is 10.1. The molecule has 0 saturated carbocycles. The predicted molar refractivity (Wildman–Crippen MR) is 116 cm³/mol. The Labute approximate surface area is 186 Å². The molecule has 2 heterocycles. The summed E-state index contributed by atoms with van der Waals surface area (Å²) in [5, 5.41) is 2.85. The normalized spacial score (nSPS) is 15.5. The summed E-state index contributed by atoms with van der Waals surface area (Å²) in [6, 6.07) is 10.6. The van der Waals surface area contributed by atoms with E-state index in [0.29, 0.717) is 25.6 Å². The summed E-state index contributed by atoms with van der Waals surface area (Å²) < 4.78 is 54.8. The Bertz CT molecular complexity index is 1160. The van der Waals surface area contributed by atoms with Gasteiger partial charge in [-0.1, -0.05) is 28.1 Å². The van der Waals surface area contributed by atoms with Crippen molar-refractivity contribution in [1.82, 2.24) is 9.29 Å². The number of halogens is 3. The molecule has 1 aliphatic heterocycles. The second kappa shape index (κ2) is 8.70. The lowest BCUT2D eigenvalue weighted by molar-refractivity contribution is 0.382. The van der Waals surface area contributed by atoms with Crippen LogP contribution in [0.1, 0.15) is 11.3 Å². The number of rotatable bonds is 5. The number of thiazole rings is 1. The van der Waals surface area contributed by atoms with Crippen molar-refractivity contribution < 1.29 is 17.2 Å². The third-order valence-electron chi connectivity index (χ3n) is 4.83. The van der Waals surface area contributed by atoms with Gasteiger partial charge >= 0.3 is 0 Å². The van der Waals surface area contributed by atoms with E-state index in [9.17, 15) is 17.2 Å². The fraction of sp³-hybridized carbons (Fsp3) is 0.250. The molecule has 4 rings (SSSR count). The van der Waals surface area contributed by atoms with Crippen molar-refractivity contribution in [2.45, 2.75) is 11.3 Å². The summed E-state index contributed by atoms with van der Waals surface area (Å²) in [5.74, 6) is -1.88. The first-order chi connectivity index (χ1) is 14.3. The van der Waals surface area contributed by atoms with Gasteiger partial charge in [0.25, 0.3) is 0 Å². The van der Waals surface area contributed by atoms with E-state index in [1.165, 1.54) is 15.6 Å². The van der Waals surface area contributed by atoms with Gasteiger partial charge in [-0.2, -0.15) is 4.31 Å². The lowest BCUT2D eigenvalue weighted by Gasteiger charge is -2.33. The topological polar surface area (TPSA) is 53.5 Å². The first-order valence-electron chi connectivity index (χ1n) is 9.22. The number of hydrogen-bond donors (Lipinski definition) is 0. The van der Waals surface area contributed by atoms with Crippen LogP contribution >= 0.6 is 27.3 Å². The Balaban J connectivity index is 1.42. The van der Waals surface area contributed by atoms with Crippen LogP contribution in [0.2, 0.25) is 0 Å². The summed E-state index contributed by atoms with van der Waals surface area (Å²) in [6.45, 7) is 1.32. The van der Waals surface area contributed by atoms with Crippen LogP contribution in [0, 0.1) is 11.6 Å². The number of sulfonamides is 1. The Hall–Kier alpha value is -1.88. The zero-order valence-electron chi connectivity index (χ0n) is 15.8. The van der Waals surface area contributed by atoms with Gasteiger partial charge in [0.15, 0.2) is 5.13 Å². The minimum Gasteiger partial charge on any atom is -0.345 e. The van der Waals surface area contributed by atoms with Gasteiger partial charge in [0.2, 0.25) is 10.0 Å². The van der Waals surface area contributed by atoms with Crippen molar-refractivity contribution in [3.63, 3.8) is 0 Å². The molecular weight excluding hydrogens is 496 g/mol. The van der Waals surface area contributed by atoms with Gasteiger partial charge in [0, 0.05) is 48.5 Å². The molecule has 5 nitrogen and oxygen atoms in total. The van der Waals surface area contributed by atoms with E-state index in [1.807, 2.05) is 28.5 Å². The van der Waals surface area contributed by atoms with Crippen molar-refractivity contribution in [3.05, 3.63) is 75.2 Å². The van der Waals surface area contributed by atoms with Crippen molar-refractivity contribution in [2.75, 3.05) is 31.1 Å². The Morgan fingerprint density at radius 1 is 1.07 bits per heavy atom. The average molecular weight is 514 g/mol. The van der Waals surface area contributed by atoms with Gasteiger partial charge in [0.1, 0.15) is 16.5 Å². The van der Waals surface area contributed by atoms with Crippen LogP contribution in [0.15, 0.2) is 57.2 Å². The highest BCUT2D eigenvalue weighted by molar-refractivity contribution is 9.10. The smallest absolute Gasteiger partial charge is 0.246 e. The summed E-state index contributed by atoms with van der Waals surface area (Å²) in [4.78, 5) is 6.22. The highest BCUT2D eigenvalue weighted by Gasteiger charge is 2.31. The van der Waals surface area contributed by atoms with Crippen molar-refractivity contribution in [2.24, 2.45) is 0 Å². The molecule has 158 valence electrons. The molecule has 0 bridgehead atoms. The average Bonchev–Trinajstić information content (AvgIpc) is 3.16. The van der Waals surface area contributed by atoms with E-state index in [4.69, 9.17) is 0 Å². The lowest BCUT2D eigenvalue weighted by Crippen LogP contribution is -2.48. The first-order valence-corrected chi connectivity index (χ1v) is 12.3. The quantitative estimate of drug-likeness (QED) is 0.510. The van der Waals surface area contributed by atoms with Gasteiger partial charge < -0.3 is 4.90 Å². The molecule has 0 spiro atoms. The van der Waals surface area contributed by atoms with Crippen molar-refractivity contribution >= 4 is 42.4 Å². The van der Waals surface area contributed by atoms with Crippen LogP contribution < -0.4 is 4.90 Å². The van der Waals surface area contributed by atoms with Gasteiger partial charge in [-0.3, -0.25) is 0 Å². The summed E-state index contributed by atoms with van der Waals surface area (Å²) in [7, 11) is -4.01. The van der Waals surface area contributed by atoms with Gasteiger partial charge in [-0.15, -0.1) is 11.3 Å². The molecule has 0 unspecified atom stereocenters. The van der Waals surface area contributed by atoms with E-state index < -0.39 is 26.6 Å². The molecule has 0 radical (unpaired) electrons. The van der Waals surface area contributed by atoms with Crippen LogP contribution in [0.25, 0.3) is 0 Å². The number of piperazine rings is 1. The SMILES string of the molecule is O=S(=O)(c1ccc(F)cc1F)N1CCN(c2nc(Cc3cccc(Br)c3)cs2)CC1. The van der Waals surface area contributed by atoms with Crippen molar-refractivity contribution in [3.8, 4) is 0 Å². The number of nitrogens with zero attached hydrogens (tertiary/aromatic N) is 3. The second-order valence-electron chi connectivity index (χ2n) is 6.89. The first kappa shape index (κ1) is 21.4. The number of benzene rings is 2. The number of anilines is 1. The molecule has 1 aliphatic rings. The molecule has 0 N–H and O–H groups in total. The fourth-order valence-corrected chi connectivity index (χ4v) is 6.12. The Morgan fingerprint density at radius 3 is 2.53 bits per heavy atom. The molecule has 2 aromatic carbocycles. The van der Waals surface area contributed by atoms with E-state index in [2.05, 4.69) is 27.0 Å². The van der Waals surface area contributed by atoms with Gasteiger partial charge in [-0.05, 0) is 29.8 Å². The monoisotopic (exact) mass is 513 g/mol. The maximum absolute atomic E-state index is 14.0. The molecule has 10 heteroatoms. The second-order valence-corrected chi connectivity index (χ2v) is 10.6. The molecule has 0 amide bonds. The summed E-state index contributed by atoms with van der Waals surface area (Å²) in [5.41, 5.74) is 2.11. The van der Waals surface area contributed by atoms with Crippen LogP contribution in [0.4, 0.5) is 13.9 Å².